The predicted molar refractivity (Wildman–Crippen MR) is 59.7 cm³/mol. The number of methoxy groups -OCH3 is 1. The summed E-state index contributed by atoms with van der Waals surface area (Å²) < 4.78 is 5.83. The van der Waals surface area contributed by atoms with E-state index in [4.69, 9.17) is 22.1 Å². The standard InChI is InChI=1S/C9H11BrClNO2/c1-14-9-3-6(10)7(11)2-5(9)8(13)4-12/h2-3,8,13H,4,12H2,1H3. The van der Waals surface area contributed by atoms with Gasteiger partial charge in [0.15, 0.2) is 0 Å². The Kier molecular flexibility index (Phi) is 4.19. The van der Waals surface area contributed by atoms with Crippen LogP contribution in [0.4, 0.5) is 0 Å². The van der Waals surface area contributed by atoms with Crippen molar-refractivity contribution in [2.75, 3.05) is 13.7 Å². The van der Waals surface area contributed by atoms with Crippen LogP contribution < -0.4 is 10.5 Å². The van der Waals surface area contributed by atoms with Gasteiger partial charge >= 0.3 is 0 Å². The second kappa shape index (κ2) is 4.98. The fourth-order valence-corrected chi connectivity index (χ4v) is 1.60. The lowest BCUT2D eigenvalue weighted by Gasteiger charge is -2.14. The van der Waals surface area contributed by atoms with Gasteiger partial charge in [0.25, 0.3) is 0 Å². The van der Waals surface area contributed by atoms with Gasteiger partial charge in [-0.3, -0.25) is 0 Å². The van der Waals surface area contributed by atoms with E-state index in [9.17, 15) is 5.11 Å². The van der Waals surface area contributed by atoms with E-state index >= 15 is 0 Å². The minimum atomic E-state index is -0.754. The van der Waals surface area contributed by atoms with E-state index in [0.29, 0.717) is 16.3 Å². The smallest absolute Gasteiger partial charge is 0.125 e. The number of aliphatic hydroxyl groups is 1. The molecule has 0 amide bonds. The molecule has 0 aromatic heterocycles. The van der Waals surface area contributed by atoms with Crippen LogP contribution in [0.15, 0.2) is 16.6 Å². The molecule has 1 atom stereocenters. The fraction of sp³-hybridized carbons (Fsp3) is 0.333. The molecule has 14 heavy (non-hydrogen) atoms. The zero-order valence-electron chi connectivity index (χ0n) is 7.63. The highest BCUT2D eigenvalue weighted by molar-refractivity contribution is 9.10. The number of halogens is 2. The van der Waals surface area contributed by atoms with Crippen LogP contribution in [-0.2, 0) is 0 Å². The molecule has 3 nitrogen and oxygen atoms in total. The van der Waals surface area contributed by atoms with Crippen LogP contribution in [0.3, 0.4) is 0 Å². The van der Waals surface area contributed by atoms with Gasteiger partial charge in [-0.1, -0.05) is 11.6 Å². The van der Waals surface area contributed by atoms with Crippen molar-refractivity contribution in [2.45, 2.75) is 6.10 Å². The molecule has 0 aliphatic heterocycles. The van der Waals surface area contributed by atoms with Crippen LogP contribution in [0.2, 0.25) is 5.02 Å². The summed E-state index contributed by atoms with van der Waals surface area (Å²) in [6.07, 6.45) is -0.754. The quantitative estimate of drug-likeness (QED) is 0.891. The molecule has 78 valence electrons. The molecule has 3 N–H and O–H groups in total. The van der Waals surface area contributed by atoms with Crippen molar-refractivity contribution < 1.29 is 9.84 Å². The highest BCUT2D eigenvalue weighted by Crippen LogP contribution is 2.33. The first-order valence-corrected chi connectivity index (χ1v) is 5.18. The van der Waals surface area contributed by atoms with Gasteiger partial charge in [-0.15, -0.1) is 0 Å². The molecule has 0 aliphatic rings. The normalized spacial score (nSPS) is 12.6. The van der Waals surface area contributed by atoms with Crippen molar-refractivity contribution in [1.82, 2.24) is 0 Å². The second-order valence-electron chi connectivity index (χ2n) is 2.76. The lowest BCUT2D eigenvalue weighted by atomic mass is 10.1. The van der Waals surface area contributed by atoms with Crippen LogP contribution in [-0.4, -0.2) is 18.8 Å². The lowest BCUT2D eigenvalue weighted by molar-refractivity contribution is 0.182. The summed E-state index contributed by atoms with van der Waals surface area (Å²) >= 11 is 9.16. The van der Waals surface area contributed by atoms with E-state index in [0.717, 1.165) is 4.47 Å². The zero-order chi connectivity index (χ0) is 10.7. The molecule has 5 heteroatoms. The maximum absolute atomic E-state index is 9.58. The molecule has 1 unspecified atom stereocenters. The molecular formula is C9H11BrClNO2. The molecule has 1 rings (SSSR count). The number of benzene rings is 1. The number of hydrogen-bond acceptors (Lipinski definition) is 3. The van der Waals surface area contributed by atoms with E-state index in [1.165, 1.54) is 7.11 Å². The highest BCUT2D eigenvalue weighted by atomic mass is 79.9. The van der Waals surface area contributed by atoms with Gasteiger partial charge in [-0.05, 0) is 28.1 Å². The Morgan fingerprint density at radius 2 is 2.29 bits per heavy atom. The zero-order valence-corrected chi connectivity index (χ0v) is 9.97. The largest absolute Gasteiger partial charge is 0.496 e. The summed E-state index contributed by atoms with van der Waals surface area (Å²) in [5.41, 5.74) is 5.96. The number of hydrogen-bond donors (Lipinski definition) is 2. The molecule has 0 aliphatic carbocycles. The summed E-state index contributed by atoms with van der Waals surface area (Å²) in [5, 5.41) is 10.1. The third-order valence-electron chi connectivity index (χ3n) is 1.85. The number of ether oxygens (including phenoxy) is 1. The van der Waals surface area contributed by atoms with Gasteiger partial charge in [-0.25, -0.2) is 0 Å². The van der Waals surface area contributed by atoms with Crippen molar-refractivity contribution in [3.63, 3.8) is 0 Å². The van der Waals surface area contributed by atoms with Crippen molar-refractivity contribution in [3.8, 4) is 5.75 Å². The molecule has 1 aromatic rings. The minimum absolute atomic E-state index is 0.133. The Morgan fingerprint density at radius 3 is 2.79 bits per heavy atom. The Hall–Kier alpha value is -0.290. The molecule has 0 radical (unpaired) electrons. The minimum Gasteiger partial charge on any atom is -0.496 e. The summed E-state index contributed by atoms with van der Waals surface area (Å²) in [5.74, 6) is 0.569. The molecular weight excluding hydrogens is 269 g/mol. The van der Waals surface area contributed by atoms with E-state index in [-0.39, 0.29) is 6.54 Å². The predicted octanol–water partition coefficient (Wildman–Crippen LogP) is 2.10. The Balaban J connectivity index is 3.19. The van der Waals surface area contributed by atoms with Crippen LogP contribution >= 0.6 is 27.5 Å². The van der Waals surface area contributed by atoms with Gasteiger partial charge in [0.2, 0.25) is 0 Å². The van der Waals surface area contributed by atoms with Crippen LogP contribution in [0.5, 0.6) is 5.75 Å². The molecule has 0 fully saturated rings. The first-order chi connectivity index (χ1) is 6.60. The average molecular weight is 281 g/mol. The molecule has 0 heterocycles. The average Bonchev–Trinajstić information content (AvgIpc) is 2.20. The van der Waals surface area contributed by atoms with Gasteiger partial charge in [0, 0.05) is 16.6 Å². The maximum Gasteiger partial charge on any atom is 0.125 e. The molecule has 1 aromatic carbocycles. The highest BCUT2D eigenvalue weighted by Gasteiger charge is 2.14. The SMILES string of the molecule is COc1cc(Br)c(Cl)cc1C(O)CN. The van der Waals surface area contributed by atoms with Gasteiger partial charge < -0.3 is 15.6 Å². The first kappa shape index (κ1) is 11.8. The van der Waals surface area contributed by atoms with Crippen LogP contribution in [0, 0.1) is 0 Å². The van der Waals surface area contributed by atoms with Crippen molar-refractivity contribution in [2.24, 2.45) is 5.73 Å². The van der Waals surface area contributed by atoms with Crippen molar-refractivity contribution in [3.05, 3.63) is 27.2 Å². The number of rotatable bonds is 3. The topological polar surface area (TPSA) is 55.5 Å². The van der Waals surface area contributed by atoms with Crippen molar-refractivity contribution in [1.29, 1.82) is 0 Å². The maximum atomic E-state index is 9.58. The number of nitrogens with two attached hydrogens (primary N) is 1. The molecule has 0 spiro atoms. The Bertz CT molecular complexity index is 333. The summed E-state index contributed by atoms with van der Waals surface area (Å²) in [4.78, 5) is 0. The molecule has 0 bridgehead atoms. The Labute approximate surface area is 95.9 Å². The van der Waals surface area contributed by atoms with E-state index in [1.807, 2.05) is 0 Å². The third-order valence-corrected chi connectivity index (χ3v) is 3.05. The van der Waals surface area contributed by atoms with Crippen LogP contribution in [0.25, 0.3) is 0 Å². The summed E-state index contributed by atoms with van der Waals surface area (Å²) in [7, 11) is 1.53. The van der Waals surface area contributed by atoms with E-state index < -0.39 is 6.10 Å². The monoisotopic (exact) mass is 279 g/mol. The lowest BCUT2D eigenvalue weighted by Crippen LogP contribution is -2.12. The van der Waals surface area contributed by atoms with Crippen molar-refractivity contribution >= 4 is 27.5 Å². The third kappa shape index (κ3) is 2.39. The van der Waals surface area contributed by atoms with E-state index in [2.05, 4.69) is 15.9 Å². The van der Waals surface area contributed by atoms with E-state index in [1.54, 1.807) is 12.1 Å². The second-order valence-corrected chi connectivity index (χ2v) is 4.02. The molecule has 0 saturated carbocycles. The summed E-state index contributed by atoms with van der Waals surface area (Å²) in [6, 6.07) is 3.35. The van der Waals surface area contributed by atoms with Crippen LogP contribution in [0.1, 0.15) is 11.7 Å². The molecule has 0 saturated heterocycles. The number of aliphatic hydroxyl groups excluding tert-OH is 1. The Morgan fingerprint density at radius 1 is 1.64 bits per heavy atom. The van der Waals surface area contributed by atoms with Gasteiger partial charge in [-0.2, -0.15) is 0 Å². The first-order valence-electron chi connectivity index (χ1n) is 4.01. The van der Waals surface area contributed by atoms with Gasteiger partial charge in [0.1, 0.15) is 5.75 Å². The summed E-state index contributed by atoms with van der Waals surface area (Å²) in [6.45, 7) is 0.133. The fourth-order valence-electron chi connectivity index (χ4n) is 1.11. The van der Waals surface area contributed by atoms with Gasteiger partial charge in [0.05, 0.1) is 18.2 Å².